The molecule has 0 aliphatic carbocycles. The SMILES string of the molecule is CCCCc1c(C)ccc(C(CCCC)(CCCC)C(=O)[O-])c1CCCC.[NH4+]. The fraction of sp³-hybridized carbons (Fsp3) is 0.720. The van der Waals surface area contributed by atoms with Crippen molar-refractivity contribution in [3.63, 3.8) is 0 Å². The number of unbranched alkanes of at least 4 members (excludes halogenated alkanes) is 4. The number of hydrogen-bond acceptors (Lipinski definition) is 2. The number of rotatable bonds is 14. The zero-order valence-corrected chi connectivity index (χ0v) is 19.5. The van der Waals surface area contributed by atoms with Gasteiger partial charge < -0.3 is 16.1 Å². The highest BCUT2D eigenvalue weighted by atomic mass is 16.4. The van der Waals surface area contributed by atoms with Crippen LogP contribution in [-0.4, -0.2) is 5.97 Å². The molecule has 0 radical (unpaired) electrons. The highest BCUT2D eigenvalue weighted by Crippen LogP contribution is 2.39. The molecule has 0 atom stereocenters. The van der Waals surface area contributed by atoms with E-state index >= 15 is 0 Å². The van der Waals surface area contributed by atoms with Crippen molar-refractivity contribution in [3.05, 3.63) is 34.4 Å². The van der Waals surface area contributed by atoms with Crippen LogP contribution in [0, 0.1) is 6.92 Å². The number of aliphatic carboxylic acids is 1. The second-order valence-electron chi connectivity index (χ2n) is 8.17. The Morgan fingerprint density at radius 3 is 1.71 bits per heavy atom. The molecule has 1 rings (SSSR count). The normalized spacial score (nSPS) is 11.3. The van der Waals surface area contributed by atoms with E-state index in [-0.39, 0.29) is 6.15 Å². The summed E-state index contributed by atoms with van der Waals surface area (Å²) in [6.45, 7) is 10.9. The first-order chi connectivity index (χ1) is 13.0. The van der Waals surface area contributed by atoms with Crippen molar-refractivity contribution in [3.8, 4) is 0 Å². The smallest absolute Gasteiger partial charge is 0.0520 e. The molecule has 0 saturated carbocycles. The van der Waals surface area contributed by atoms with Crippen molar-refractivity contribution < 1.29 is 9.90 Å². The molecule has 4 N–H and O–H groups in total. The fourth-order valence-corrected chi connectivity index (χ4v) is 4.26. The molecule has 0 aromatic heterocycles. The van der Waals surface area contributed by atoms with Crippen LogP contribution < -0.4 is 11.3 Å². The maximum atomic E-state index is 12.6. The van der Waals surface area contributed by atoms with Crippen LogP contribution in [0.15, 0.2) is 12.1 Å². The summed E-state index contributed by atoms with van der Waals surface area (Å²) in [6, 6.07) is 4.28. The fourth-order valence-electron chi connectivity index (χ4n) is 4.26. The van der Waals surface area contributed by atoms with Gasteiger partial charge in [-0.2, -0.15) is 0 Å². The van der Waals surface area contributed by atoms with Gasteiger partial charge in [-0.1, -0.05) is 78.4 Å². The van der Waals surface area contributed by atoms with Crippen molar-refractivity contribution in [2.45, 2.75) is 117 Å². The third-order valence-corrected chi connectivity index (χ3v) is 6.05. The Bertz CT molecular complexity index is 572. The van der Waals surface area contributed by atoms with Crippen LogP contribution in [-0.2, 0) is 23.1 Å². The Morgan fingerprint density at radius 2 is 1.29 bits per heavy atom. The van der Waals surface area contributed by atoms with Crippen LogP contribution in [0.1, 0.15) is 114 Å². The van der Waals surface area contributed by atoms with Crippen molar-refractivity contribution in [2.75, 3.05) is 0 Å². The predicted octanol–water partition coefficient (Wildman–Crippen LogP) is 6.42. The van der Waals surface area contributed by atoms with Crippen molar-refractivity contribution >= 4 is 5.97 Å². The standard InChI is InChI=1S/C25H42O2.H3N/c1-6-10-14-21-20(5)16-17-23(22(21)15-11-7-2)25(24(26)27,18-12-8-3)19-13-9-4;/h16-17H,6-15,18-19H2,1-5H3,(H,26,27);1H3. The largest absolute Gasteiger partial charge is 0.549 e. The molecule has 0 amide bonds. The molecule has 1 aromatic carbocycles. The van der Waals surface area contributed by atoms with Crippen molar-refractivity contribution in [1.82, 2.24) is 6.15 Å². The van der Waals surface area contributed by atoms with E-state index in [9.17, 15) is 9.90 Å². The lowest BCUT2D eigenvalue weighted by Gasteiger charge is -2.38. The van der Waals surface area contributed by atoms with E-state index in [1.807, 2.05) is 0 Å². The maximum absolute atomic E-state index is 12.6. The summed E-state index contributed by atoms with van der Waals surface area (Å²) >= 11 is 0. The summed E-state index contributed by atoms with van der Waals surface area (Å²) in [4.78, 5) is 12.6. The molecule has 0 unspecified atom stereocenters. The Hall–Kier alpha value is -1.35. The first-order valence-corrected chi connectivity index (χ1v) is 11.3. The summed E-state index contributed by atoms with van der Waals surface area (Å²) in [7, 11) is 0. The number of aryl methyl sites for hydroxylation is 1. The van der Waals surface area contributed by atoms with Gasteiger partial charge in [0.1, 0.15) is 0 Å². The minimum atomic E-state index is -0.868. The molecule has 3 heteroatoms. The van der Waals surface area contributed by atoms with E-state index in [0.29, 0.717) is 12.8 Å². The number of benzene rings is 1. The Morgan fingerprint density at radius 1 is 0.821 bits per heavy atom. The predicted molar refractivity (Wildman–Crippen MR) is 120 cm³/mol. The van der Waals surface area contributed by atoms with Gasteiger partial charge in [0.25, 0.3) is 0 Å². The molecule has 3 nitrogen and oxygen atoms in total. The van der Waals surface area contributed by atoms with Crippen LogP contribution in [0.2, 0.25) is 0 Å². The lowest BCUT2D eigenvalue weighted by atomic mass is 9.69. The second kappa shape index (κ2) is 13.8. The van der Waals surface area contributed by atoms with E-state index in [1.165, 1.54) is 16.7 Å². The minimum Gasteiger partial charge on any atom is -0.549 e. The number of hydrogen-bond donors (Lipinski definition) is 1. The molecule has 0 aliphatic heterocycles. The highest BCUT2D eigenvalue weighted by molar-refractivity contribution is 5.80. The van der Waals surface area contributed by atoms with Crippen LogP contribution in [0.5, 0.6) is 0 Å². The lowest BCUT2D eigenvalue weighted by Crippen LogP contribution is -2.46. The highest BCUT2D eigenvalue weighted by Gasteiger charge is 2.35. The van der Waals surface area contributed by atoms with Crippen LogP contribution in [0.4, 0.5) is 0 Å². The van der Waals surface area contributed by atoms with Crippen LogP contribution in [0.25, 0.3) is 0 Å². The van der Waals surface area contributed by atoms with Gasteiger partial charge >= 0.3 is 0 Å². The van der Waals surface area contributed by atoms with Gasteiger partial charge in [-0.3, -0.25) is 0 Å². The lowest BCUT2D eigenvalue weighted by molar-refractivity contribution is -0.314. The summed E-state index contributed by atoms with van der Waals surface area (Å²) in [5.41, 5.74) is 4.28. The average Bonchev–Trinajstić information content (AvgIpc) is 2.66. The van der Waals surface area contributed by atoms with E-state index in [4.69, 9.17) is 0 Å². The van der Waals surface area contributed by atoms with Gasteiger partial charge in [0.2, 0.25) is 0 Å². The van der Waals surface area contributed by atoms with E-state index < -0.39 is 11.4 Å². The number of carbonyl (C=O) groups excluding carboxylic acids is 1. The van der Waals surface area contributed by atoms with Gasteiger partial charge in [-0.05, 0) is 67.7 Å². The zero-order valence-electron chi connectivity index (χ0n) is 19.5. The molecule has 0 heterocycles. The molecule has 0 spiro atoms. The van der Waals surface area contributed by atoms with Gasteiger partial charge in [-0.25, -0.2) is 0 Å². The number of carboxylic acid groups (broad SMARTS) is 1. The number of quaternary nitrogens is 1. The molecule has 0 fully saturated rings. The van der Waals surface area contributed by atoms with Crippen LogP contribution >= 0.6 is 0 Å². The Kier molecular flexibility index (Phi) is 13.1. The molecular formula is C25H45NO2. The quantitative estimate of drug-likeness (QED) is 0.397. The Balaban J connectivity index is 0.00000729. The van der Waals surface area contributed by atoms with Crippen molar-refractivity contribution in [2.24, 2.45) is 0 Å². The molecule has 28 heavy (non-hydrogen) atoms. The minimum absolute atomic E-state index is 0. The molecule has 1 aromatic rings. The van der Waals surface area contributed by atoms with Gasteiger partial charge in [0.05, 0.1) is 5.97 Å². The van der Waals surface area contributed by atoms with E-state index in [0.717, 1.165) is 69.8 Å². The first-order valence-electron chi connectivity index (χ1n) is 11.3. The maximum Gasteiger partial charge on any atom is 0.0520 e. The first kappa shape index (κ1) is 26.6. The van der Waals surface area contributed by atoms with E-state index in [1.54, 1.807) is 0 Å². The van der Waals surface area contributed by atoms with Crippen molar-refractivity contribution in [1.29, 1.82) is 0 Å². The molecular weight excluding hydrogens is 346 g/mol. The average molecular weight is 392 g/mol. The summed E-state index contributed by atoms with van der Waals surface area (Å²) in [5, 5.41) is 12.6. The molecule has 162 valence electrons. The zero-order chi connectivity index (χ0) is 20.3. The number of carbonyl (C=O) groups is 1. The van der Waals surface area contributed by atoms with Gasteiger partial charge in [-0.15, -0.1) is 0 Å². The van der Waals surface area contributed by atoms with Crippen LogP contribution in [0.3, 0.4) is 0 Å². The summed E-state index contributed by atoms with van der Waals surface area (Å²) < 4.78 is 0. The topological polar surface area (TPSA) is 76.6 Å². The Labute approximate surface area is 173 Å². The summed E-state index contributed by atoms with van der Waals surface area (Å²) in [6.07, 6.45) is 11.9. The van der Waals surface area contributed by atoms with Gasteiger partial charge in [0.15, 0.2) is 0 Å². The van der Waals surface area contributed by atoms with E-state index in [2.05, 4.69) is 46.8 Å². The molecule has 0 saturated heterocycles. The number of carboxylic acids is 1. The molecule has 0 aliphatic rings. The monoisotopic (exact) mass is 391 g/mol. The third-order valence-electron chi connectivity index (χ3n) is 6.05. The third kappa shape index (κ3) is 6.62. The molecule has 0 bridgehead atoms. The second-order valence-corrected chi connectivity index (χ2v) is 8.17. The van der Waals surface area contributed by atoms with Gasteiger partial charge in [0, 0.05) is 5.41 Å². The summed E-state index contributed by atoms with van der Waals surface area (Å²) in [5.74, 6) is -0.868.